The molecule has 18 heavy (non-hydrogen) atoms. The first-order valence-electron chi connectivity index (χ1n) is 5.84. The van der Waals surface area contributed by atoms with Crippen LogP contribution in [-0.2, 0) is 16.4 Å². The van der Waals surface area contributed by atoms with Gasteiger partial charge in [-0.05, 0) is 0 Å². The third-order valence-electron chi connectivity index (χ3n) is 2.88. The lowest BCUT2D eigenvalue weighted by atomic mass is 9.75. The van der Waals surface area contributed by atoms with Crippen LogP contribution < -0.4 is 5.46 Å². The average molecular weight is 252 g/mol. The highest BCUT2D eigenvalue weighted by Crippen LogP contribution is 2.21. The number of aryl methyl sites for hydroxylation is 1. The molecule has 2 heterocycles. The Kier molecular flexibility index (Phi) is 3.56. The molecule has 1 saturated heterocycles. The molecule has 1 N–H and O–H groups in total. The zero-order valence-electron chi connectivity index (χ0n) is 10.8. The Labute approximate surface area is 106 Å². The largest absolute Gasteiger partial charge is 0.497 e. The number of hydrogen-bond acceptors (Lipinski definition) is 5. The van der Waals surface area contributed by atoms with Crippen molar-refractivity contribution in [2.24, 2.45) is 12.5 Å². The van der Waals surface area contributed by atoms with Crippen LogP contribution >= 0.6 is 0 Å². The van der Waals surface area contributed by atoms with E-state index in [9.17, 15) is 4.79 Å². The molecule has 0 spiro atoms. The van der Waals surface area contributed by atoms with Crippen molar-refractivity contribution in [2.45, 2.75) is 13.8 Å². The SMILES string of the molecule is Cn1ncc(B2OCC(C)(C)CO2)c1C(=O)CO. The molecule has 0 amide bonds. The molecule has 0 atom stereocenters. The molecule has 0 bridgehead atoms. The number of carbonyl (C=O) groups is 1. The Morgan fingerprint density at radius 3 is 2.72 bits per heavy atom. The first kappa shape index (κ1) is 13.3. The zero-order chi connectivity index (χ0) is 13.3. The van der Waals surface area contributed by atoms with Crippen molar-refractivity contribution in [2.75, 3.05) is 19.8 Å². The average Bonchev–Trinajstić information content (AvgIpc) is 2.70. The second kappa shape index (κ2) is 4.83. The molecule has 0 unspecified atom stereocenters. The van der Waals surface area contributed by atoms with Crippen LogP contribution in [0.15, 0.2) is 6.20 Å². The minimum Gasteiger partial charge on any atom is -0.407 e. The number of hydrogen-bond donors (Lipinski definition) is 1. The number of carbonyl (C=O) groups excluding carboxylic acids is 1. The quantitative estimate of drug-likeness (QED) is 0.572. The highest BCUT2D eigenvalue weighted by atomic mass is 16.6. The van der Waals surface area contributed by atoms with Gasteiger partial charge < -0.3 is 14.4 Å². The number of ketones is 1. The fourth-order valence-corrected chi connectivity index (χ4v) is 1.92. The Morgan fingerprint density at radius 2 is 2.17 bits per heavy atom. The highest BCUT2D eigenvalue weighted by Gasteiger charge is 2.37. The second-order valence-corrected chi connectivity index (χ2v) is 5.27. The summed E-state index contributed by atoms with van der Waals surface area (Å²) in [5, 5.41) is 13.0. The molecule has 1 aliphatic heterocycles. The topological polar surface area (TPSA) is 73.6 Å². The molecule has 2 rings (SSSR count). The standard InChI is InChI=1S/C11H17BN2O4/c1-11(2)6-17-12(18-7-11)8-4-13-14(3)10(8)9(16)5-15/h4,15H,5-7H2,1-3H3. The summed E-state index contributed by atoms with van der Waals surface area (Å²) in [4.78, 5) is 11.7. The molecule has 6 nitrogen and oxygen atoms in total. The van der Waals surface area contributed by atoms with Gasteiger partial charge in [-0.15, -0.1) is 0 Å². The molecule has 0 saturated carbocycles. The Morgan fingerprint density at radius 1 is 1.56 bits per heavy atom. The van der Waals surface area contributed by atoms with Crippen molar-refractivity contribution in [3.63, 3.8) is 0 Å². The predicted octanol–water partition coefficient (Wildman–Crippen LogP) is -0.637. The van der Waals surface area contributed by atoms with Crippen molar-refractivity contribution in [3.8, 4) is 0 Å². The fraction of sp³-hybridized carbons (Fsp3) is 0.636. The first-order valence-corrected chi connectivity index (χ1v) is 5.84. The van der Waals surface area contributed by atoms with Gasteiger partial charge in [0.1, 0.15) is 12.3 Å². The summed E-state index contributed by atoms with van der Waals surface area (Å²) in [7, 11) is 1.07. The van der Waals surface area contributed by atoms with E-state index in [1.807, 2.05) is 13.8 Å². The molecule has 1 fully saturated rings. The summed E-state index contributed by atoms with van der Waals surface area (Å²) >= 11 is 0. The lowest BCUT2D eigenvalue weighted by molar-refractivity contribution is 0.0342. The summed E-state index contributed by atoms with van der Waals surface area (Å²) < 4.78 is 12.7. The van der Waals surface area contributed by atoms with Crippen LogP contribution in [-0.4, -0.2) is 47.6 Å². The van der Waals surface area contributed by atoms with Gasteiger partial charge in [0.25, 0.3) is 0 Å². The van der Waals surface area contributed by atoms with Gasteiger partial charge in [0.05, 0.1) is 0 Å². The van der Waals surface area contributed by atoms with Crippen LogP contribution in [0.5, 0.6) is 0 Å². The van der Waals surface area contributed by atoms with Gasteiger partial charge in [0, 0.05) is 37.3 Å². The number of Topliss-reactive ketones (excluding diaryl/α,β-unsaturated/α-hetero) is 1. The second-order valence-electron chi connectivity index (χ2n) is 5.27. The molecular weight excluding hydrogens is 235 g/mol. The van der Waals surface area contributed by atoms with Crippen LogP contribution in [0.2, 0.25) is 0 Å². The summed E-state index contributed by atoms with van der Waals surface area (Å²) in [6.07, 6.45) is 1.55. The van der Waals surface area contributed by atoms with Gasteiger partial charge in [0.15, 0.2) is 0 Å². The summed E-state index contributed by atoms with van der Waals surface area (Å²) in [6, 6.07) is 0. The van der Waals surface area contributed by atoms with E-state index in [4.69, 9.17) is 14.4 Å². The smallest absolute Gasteiger partial charge is 0.407 e. The molecule has 1 aromatic heterocycles. The lowest BCUT2D eigenvalue weighted by Crippen LogP contribution is -2.48. The van der Waals surface area contributed by atoms with Crippen molar-refractivity contribution in [3.05, 3.63) is 11.9 Å². The Hall–Kier alpha value is -1.18. The normalized spacial score (nSPS) is 19.0. The number of aliphatic hydroxyl groups excluding tert-OH is 1. The molecular formula is C11H17BN2O4. The Balaban J connectivity index is 2.22. The maximum absolute atomic E-state index is 11.7. The molecule has 98 valence electrons. The van der Waals surface area contributed by atoms with Gasteiger partial charge in [0.2, 0.25) is 5.78 Å². The fourth-order valence-electron chi connectivity index (χ4n) is 1.92. The molecule has 0 aromatic carbocycles. The van der Waals surface area contributed by atoms with Crippen molar-refractivity contribution in [1.82, 2.24) is 9.78 Å². The monoisotopic (exact) mass is 252 g/mol. The van der Waals surface area contributed by atoms with Crippen LogP contribution in [0.4, 0.5) is 0 Å². The zero-order valence-corrected chi connectivity index (χ0v) is 10.8. The number of rotatable bonds is 3. The van der Waals surface area contributed by atoms with E-state index in [1.54, 1.807) is 13.2 Å². The first-order chi connectivity index (χ1) is 8.44. The molecule has 0 aliphatic carbocycles. The van der Waals surface area contributed by atoms with E-state index >= 15 is 0 Å². The van der Waals surface area contributed by atoms with Crippen molar-refractivity contribution >= 4 is 18.4 Å². The highest BCUT2D eigenvalue weighted by molar-refractivity contribution is 6.63. The number of aromatic nitrogens is 2. The van der Waals surface area contributed by atoms with Crippen molar-refractivity contribution < 1.29 is 19.2 Å². The summed E-state index contributed by atoms with van der Waals surface area (Å²) in [6.45, 7) is 4.65. The lowest BCUT2D eigenvalue weighted by Gasteiger charge is -2.32. The van der Waals surface area contributed by atoms with E-state index in [0.29, 0.717) is 24.4 Å². The maximum atomic E-state index is 11.7. The number of nitrogens with zero attached hydrogens (tertiary/aromatic N) is 2. The van der Waals surface area contributed by atoms with Crippen LogP contribution in [0.1, 0.15) is 24.3 Å². The summed E-state index contributed by atoms with van der Waals surface area (Å²) in [5.74, 6) is -0.387. The van der Waals surface area contributed by atoms with Gasteiger partial charge in [-0.25, -0.2) is 0 Å². The van der Waals surface area contributed by atoms with E-state index in [0.717, 1.165) is 0 Å². The number of aliphatic hydroxyl groups is 1. The third-order valence-corrected chi connectivity index (χ3v) is 2.88. The van der Waals surface area contributed by atoms with Crippen LogP contribution in [0.25, 0.3) is 0 Å². The van der Waals surface area contributed by atoms with Crippen molar-refractivity contribution in [1.29, 1.82) is 0 Å². The van der Waals surface area contributed by atoms with Crippen LogP contribution in [0.3, 0.4) is 0 Å². The van der Waals surface area contributed by atoms with E-state index in [-0.39, 0.29) is 11.2 Å². The van der Waals surface area contributed by atoms with Gasteiger partial charge >= 0.3 is 7.12 Å². The molecule has 7 heteroatoms. The minimum atomic E-state index is -0.586. The van der Waals surface area contributed by atoms with Gasteiger partial charge in [-0.1, -0.05) is 13.8 Å². The molecule has 1 aromatic rings. The molecule has 0 radical (unpaired) electrons. The van der Waals surface area contributed by atoms with E-state index in [2.05, 4.69) is 5.10 Å². The maximum Gasteiger partial charge on any atom is 0.497 e. The van der Waals surface area contributed by atoms with E-state index in [1.165, 1.54) is 4.68 Å². The third kappa shape index (κ3) is 2.48. The van der Waals surface area contributed by atoms with Crippen LogP contribution in [0, 0.1) is 5.41 Å². The summed E-state index contributed by atoms with van der Waals surface area (Å²) in [5.41, 5.74) is 0.883. The molecule has 1 aliphatic rings. The Bertz CT molecular complexity index is 448. The van der Waals surface area contributed by atoms with Gasteiger partial charge in [-0.3, -0.25) is 9.48 Å². The van der Waals surface area contributed by atoms with Gasteiger partial charge in [-0.2, -0.15) is 5.10 Å². The van der Waals surface area contributed by atoms with E-state index < -0.39 is 13.7 Å². The predicted molar refractivity (Wildman–Crippen MR) is 65.7 cm³/mol. The minimum absolute atomic E-state index is 0.0279.